The molecule has 2 heterocycles. The van der Waals surface area contributed by atoms with Gasteiger partial charge in [0, 0.05) is 70.9 Å². The van der Waals surface area contributed by atoms with E-state index in [1.165, 1.54) is 9.80 Å². The molecule has 0 radical (unpaired) electrons. The summed E-state index contributed by atoms with van der Waals surface area (Å²) in [4.78, 5) is 61.5. The van der Waals surface area contributed by atoms with E-state index < -0.39 is 25.0 Å². The summed E-state index contributed by atoms with van der Waals surface area (Å²) in [6.45, 7) is 1.47. The van der Waals surface area contributed by atoms with E-state index in [0.29, 0.717) is 23.1 Å². The molecule has 6 aromatic rings. The van der Waals surface area contributed by atoms with Crippen LogP contribution >= 0.6 is 23.2 Å². The number of hydrogen-bond donors (Lipinski definition) is 6. The number of nitrogens with one attached hydrogen (secondary N) is 4. The third kappa shape index (κ3) is 16.2. The molecule has 0 spiro atoms. The van der Waals surface area contributed by atoms with Crippen LogP contribution in [0.3, 0.4) is 0 Å². The molecule has 4 aromatic carbocycles. The van der Waals surface area contributed by atoms with Gasteiger partial charge in [0.2, 0.25) is 11.8 Å². The molecule has 0 aliphatic rings. The number of nitrogens with zero attached hydrogens (tertiary/aromatic N) is 4. The molecule has 0 saturated carbocycles. The topological polar surface area (TPSA) is 208 Å². The van der Waals surface area contributed by atoms with Crippen LogP contribution in [0.4, 0.5) is 11.4 Å². The first-order chi connectivity index (χ1) is 33.9. The highest BCUT2D eigenvalue weighted by Crippen LogP contribution is 2.36. The van der Waals surface area contributed by atoms with Gasteiger partial charge in [0.15, 0.2) is 0 Å². The number of carbonyl (C=O) groups excluding carboxylic acids is 2. The van der Waals surface area contributed by atoms with Gasteiger partial charge in [-0.25, -0.2) is 9.97 Å². The Hall–Kier alpha value is -6.20. The summed E-state index contributed by atoms with van der Waals surface area (Å²) in [7, 11) is 3.28. The number of aromatic nitrogens is 2. The number of unbranched alkanes of at least 4 members (excludes halogenated alkanes) is 8. The van der Waals surface area contributed by atoms with Crippen molar-refractivity contribution in [3.8, 4) is 11.5 Å². The second kappa shape index (κ2) is 27.3. The molecular weight excluding hydrogens is 936 g/mol. The van der Waals surface area contributed by atoms with Crippen molar-refractivity contribution in [3.63, 3.8) is 0 Å². The Morgan fingerprint density at radius 1 is 0.486 bits per heavy atom. The van der Waals surface area contributed by atoms with Crippen molar-refractivity contribution in [3.05, 3.63) is 82.8 Å². The third-order valence-electron chi connectivity index (χ3n) is 12.0. The number of methoxy groups -OCH3 is 2. The van der Waals surface area contributed by atoms with E-state index in [9.17, 15) is 29.4 Å². The molecular formula is C52H64Cl2N8O8. The number of carboxylic acid groups (broad SMARTS) is 2. The molecule has 2 amide bonds. The van der Waals surface area contributed by atoms with Crippen molar-refractivity contribution in [2.75, 3.05) is 90.3 Å². The summed E-state index contributed by atoms with van der Waals surface area (Å²) in [6, 6.07) is 23.0. The number of amides is 2. The number of aliphatic carboxylic acids is 2. The lowest BCUT2D eigenvalue weighted by Crippen LogP contribution is -2.46. The SMILES string of the molecule is COc1ccc2nc3cc(Cl)ccc3c(NCCCCCCCNC(=O)CN(CCN(CC(=O)O)CC(=O)NCCCCCCCNc3c4ccc(Cl)cc4nc4ccc(OC)cc34)CC(=O)O)c2c1. The predicted molar refractivity (Wildman–Crippen MR) is 279 cm³/mol. The second-order valence-corrected chi connectivity index (χ2v) is 18.2. The van der Waals surface area contributed by atoms with Crippen LogP contribution in [0.5, 0.6) is 11.5 Å². The number of carbonyl (C=O) groups is 4. The van der Waals surface area contributed by atoms with Crippen molar-refractivity contribution in [2.24, 2.45) is 0 Å². The van der Waals surface area contributed by atoms with Crippen LogP contribution in [0.2, 0.25) is 10.0 Å². The van der Waals surface area contributed by atoms with E-state index in [0.717, 1.165) is 144 Å². The van der Waals surface area contributed by atoms with E-state index in [2.05, 4.69) is 21.3 Å². The maximum atomic E-state index is 12.9. The van der Waals surface area contributed by atoms with E-state index in [4.69, 9.17) is 42.6 Å². The number of ether oxygens (including phenoxy) is 2. The largest absolute Gasteiger partial charge is 0.497 e. The number of anilines is 2. The first-order valence-electron chi connectivity index (χ1n) is 23.9. The quantitative estimate of drug-likeness (QED) is 0.0178. The molecule has 6 N–H and O–H groups in total. The van der Waals surface area contributed by atoms with Crippen LogP contribution < -0.4 is 30.7 Å². The van der Waals surface area contributed by atoms with Crippen LogP contribution in [0, 0.1) is 0 Å². The molecule has 6 rings (SSSR count). The van der Waals surface area contributed by atoms with Gasteiger partial charge in [0.05, 0.1) is 73.8 Å². The first-order valence-corrected chi connectivity index (χ1v) is 24.7. The molecule has 18 heteroatoms. The molecule has 0 fully saturated rings. The van der Waals surface area contributed by atoms with Gasteiger partial charge in [-0.05, 0) is 98.5 Å². The number of carboxylic acids is 2. The fraction of sp³-hybridized carbons (Fsp3) is 0.423. The maximum absolute atomic E-state index is 12.9. The lowest BCUT2D eigenvalue weighted by molar-refractivity contribution is -0.141. The number of halogens is 2. The number of pyridine rings is 2. The molecule has 0 saturated heterocycles. The van der Waals surface area contributed by atoms with Gasteiger partial charge < -0.3 is 41.0 Å². The monoisotopic (exact) mass is 998 g/mol. The summed E-state index contributed by atoms with van der Waals surface area (Å²) >= 11 is 12.5. The molecule has 0 aliphatic heterocycles. The summed E-state index contributed by atoms with van der Waals surface area (Å²) in [5, 5.41) is 37.3. The summed E-state index contributed by atoms with van der Waals surface area (Å²) in [5.41, 5.74) is 5.31. The summed E-state index contributed by atoms with van der Waals surface area (Å²) < 4.78 is 10.9. The van der Waals surface area contributed by atoms with Gasteiger partial charge >= 0.3 is 11.9 Å². The van der Waals surface area contributed by atoms with Gasteiger partial charge in [-0.1, -0.05) is 61.7 Å². The highest BCUT2D eigenvalue weighted by atomic mass is 35.5. The van der Waals surface area contributed by atoms with Gasteiger partial charge in [-0.2, -0.15) is 0 Å². The Morgan fingerprint density at radius 2 is 0.871 bits per heavy atom. The Labute approximate surface area is 418 Å². The predicted octanol–water partition coefficient (Wildman–Crippen LogP) is 8.84. The van der Waals surface area contributed by atoms with E-state index >= 15 is 0 Å². The van der Waals surface area contributed by atoms with Crippen molar-refractivity contribution in [2.45, 2.75) is 64.2 Å². The zero-order chi connectivity index (χ0) is 49.8. The maximum Gasteiger partial charge on any atom is 0.317 e. The van der Waals surface area contributed by atoms with E-state index in [-0.39, 0.29) is 38.0 Å². The average Bonchev–Trinajstić information content (AvgIpc) is 3.33. The molecule has 0 bridgehead atoms. The van der Waals surface area contributed by atoms with Gasteiger partial charge in [-0.3, -0.25) is 29.0 Å². The van der Waals surface area contributed by atoms with Gasteiger partial charge in [-0.15, -0.1) is 0 Å². The fourth-order valence-corrected chi connectivity index (χ4v) is 8.81. The molecule has 0 aliphatic carbocycles. The van der Waals surface area contributed by atoms with Crippen LogP contribution in [0.1, 0.15) is 64.2 Å². The first kappa shape index (κ1) is 53.2. The standard InChI is InChI=1S/C52H64Cl2N8O8/c1-69-37-15-19-43-41(29-37)51(39-17-13-35(53)27-45(39)59-43)57-23-11-7-3-5-9-21-55-47(63)31-61(33-49(65)66)25-26-62(34-50(67)68)32-48(64)56-22-10-6-4-8-12-24-58-52-40-18-14-36(54)28-46(40)60-44-20-16-38(70-2)30-42(44)52/h13-20,27-30H,3-12,21-26,31-34H2,1-2H3,(H,55,63)(H,56,64)(H,57,59)(H,58,60)(H,65,66)(H,67,68). The highest BCUT2D eigenvalue weighted by Gasteiger charge is 2.19. The fourth-order valence-electron chi connectivity index (χ4n) is 8.48. The smallest absolute Gasteiger partial charge is 0.317 e. The van der Waals surface area contributed by atoms with Crippen LogP contribution in [-0.4, -0.2) is 133 Å². The Kier molecular flexibility index (Phi) is 20.7. The second-order valence-electron chi connectivity index (χ2n) is 17.4. The van der Waals surface area contributed by atoms with E-state index in [1.807, 2.05) is 72.8 Å². The van der Waals surface area contributed by atoms with Crippen LogP contribution in [0.15, 0.2) is 72.8 Å². The normalized spacial score (nSPS) is 11.5. The van der Waals surface area contributed by atoms with Crippen molar-refractivity contribution >= 4 is 102 Å². The van der Waals surface area contributed by atoms with Crippen molar-refractivity contribution in [1.29, 1.82) is 0 Å². The molecule has 0 atom stereocenters. The zero-order valence-electron chi connectivity index (χ0n) is 40.0. The van der Waals surface area contributed by atoms with Gasteiger partial charge in [0.25, 0.3) is 0 Å². The van der Waals surface area contributed by atoms with Crippen LogP contribution in [-0.2, 0) is 19.2 Å². The number of fused-ring (bicyclic) bond motifs is 4. The lowest BCUT2D eigenvalue weighted by Gasteiger charge is -2.25. The third-order valence-corrected chi connectivity index (χ3v) is 12.5. The van der Waals surface area contributed by atoms with Crippen molar-refractivity contribution in [1.82, 2.24) is 30.4 Å². The minimum Gasteiger partial charge on any atom is -0.497 e. The van der Waals surface area contributed by atoms with E-state index in [1.54, 1.807) is 14.2 Å². The Bertz CT molecular complexity index is 2560. The summed E-state index contributed by atoms with van der Waals surface area (Å²) in [5.74, 6) is -1.36. The minimum atomic E-state index is -1.11. The minimum absolute atomic E-state index is 0.0890. The molecule has 0 unspecified atom stereocenters. The molecule has 70 heavy (non-hydrogen) atoms. The number of rotatable bonds is 31. The zero-order valence-corrected chi connectivity index (χ0v) is 41.5. The Morgan fingerprint density at radius 3 is 1.26 bits per heavy atom. The lowest BCUT2D eigenvalue weighted by atomic mass is 10.1. The molecule has 16 nitrogen and oxygen atoms in total. The summed E-state index contributed by atoms with van der Waals surface area (Å²) in [6.07, 6.45) is 9.20. The molecule has 374 valence electrons. The van der Waals surface area contributed by atoms with Gasteiger partial charge in [0.1, 0.15) is 11.5 Å². The molecule has 2 aromatic heterocycles. The average molecular weight is 1000 g/mol. The number of benzene rings is 4. The Balaban J connectivity index is 0.840. The van der Waals surface area contributed by atoms with Crippen molar-refractivity contribution < 1.29 is 38.9 Å². The highest BCUT2D eigenvalue weighted by molar-refractivity contribution is 6.32. The van der Waals surface area contributed by atoms with Crippen LogP contribution in [0.25, 0.3) is 43.6 Å². The number of hydrogen-bond acceptors (Lipinski definition) is 12.